The Morgan fingerprint density at radius 3 is 2.26 bits per heavy atom. The first kappa shape index (κ1) is 19.4. The fourth-order valence-corrected chi connectivity index (χ4v) is 3.84. The smallest absolute Gasteiger partial charge is 0.465 e. The van der Waals surface area contributed by atoms with Gasteiger partial charge in [-0.2, -0.15) is 0 Å². The average molecular weight is 384 g/mol. The van der Waals surface area contributed by atoms with Gasteiger partial charge in [0.05, 0.1) is 0 Å². The van der Waals surface area contributed by atoms with E-state index in [9.17, 15) is 18.0 Å². The van der Waals surface area contributed by atoms with Crippen molar-refractivity contribution in [2.45, 2.75) is 25.6 Å². The van der Waals surface area contributed by atoms with Crippen LogP contribution in [0.2, 0.25) is 0 Å². The summed E-state index contributed by atoms with van der Waals surface area (Å²) < 4.78 is 40.3. The van der Waals surface area contributed by atoms with Crippen molar-refractivity contribution in [3.05, 3.63) is 42.1 Å². The largest absolute Gasteiger partial charge is 0.573 e. The van der Waals surface area contributed by atoms with Crippen LogP contribution >= 0.6 is 0 Å². The SMILES string of the molecule is O=C(O)N1C[C@H]2CCN(/C=C/Cc3ccc(OC(F)(F)F)cc3)CC[C@H]2C1. The van der Waals surface area contributed by atoms with E-state index in [1.807, 2.05) is 12.3 Å². The summed E-state index contributed by atoms with van der Waals surface area (Å²) >= 11 is 0. The van der Waals surface area contributed by atoms with E-state index >= 15 is 0 Å². The molecule has 5 nitrogen and oxygen atoms in total. The van der Waals surface area contributed by atoms with E-state index < -0.39 is 12.5 Å². The molecule has 148 valence electrons. The van der Waals surface area contributed by atoms with Crippen LogP contribution in [0, 0.1) is 11.8 Å². The molecule has 0 radical (unpaired) electrons. The molecule has 2 aliphatic heterocycles. The van der Waals surface area contributed by atoms with Gasteiger partial charge in [0.2, 0.25) is 0 Å². The lowest BCUT2D eigenvalue weighted by atomic mass is 9.92. The zero-order valence-corrected chi connectivity index (χ0v) is 14.9. The second kappa shape index (κ2) is 8.10. The van der Waals surface area contributed by atoms with Gasteiger partial charge in [0.15, 0.2) is 0 Å². The number of likely N-dealkylation sites (tertiary alicyclic amines) is 2. The molecule has 0 aromatic heterocycles. The van der Waals surface area contributed by atoms with Crippen molar-refractivity contribution in [1.29, 1.82) is 0 Å². The highest BCUT2D eigenvalue weighted by atomic mass is 19.4. The normalized spacial score (nSPS) is 23.4. The second-order valence-corrected chi connectivity index (χ2v) is 7.10. The van der Waals surface area contributed by atoms with Crippen molar-refractivity contribution in [2.75, 3.05) is 26.2 Å². The molecule has 0 aliphatic carbocycles. The lowest BCUT2D eigenvalue weighted by Gasteiger charge is -2.19. The summed E-state index contributed by atoms with van der Waals surface area (Å²) in [4.78, 5) is 14.9. The van der Waals surface area contributed by atoms with E-state index in [2.05, 4.69) is 9.64 Å². The molecule has 2 fully saturated rings. The number of ether oxygens (including phenoxy) is 1. The zero-order valence-electron chi connectivity index (χ0n) is 14.9. The van der Waals surface area contributed by atoms with Crippen molar-refractivity contribution >= 4 is 6.09 Å². The molecule has 2 heterocycles. The molecular weight excluding hydrogens is 361 g/mol. The highest BCUT2D eigenvalue weighted by molar-refractivity contribution is 5.65. The predicted molar refractivity (Wildman–Crippen MR) is 93.4 cm³/mol. The summed E-state index contributed by atoms with van der Waals surface area (Å²) in [5.74, 6) is 0.644. The summed E-state index contributed by atoms with van der Waals surface area (Å²) in [6.07, 6.45) is 1.12. The predicted octanol–water partition coefficient (Wildman–Crippen LogP) is 3.96. The van der Waals surface area contributed by atoms with E-state index in [-0.39, 0.29) is 5.75 Å². The van der Waals surface area contributed by atoms with Gasteiger partial charge in [-0.25, -0.2) is 4.79 Å². The summed E-state index contributed by atoms with van der Waals surface area (Å²) in [6.45, 7) is 3.04. The van der Waals surface area contributed by atoms with Crippen LogP contribution in [-0.4, -0.2) is 53.5 Å². The zero-order chi connectivity index (χ0) is 19.4. The molecule has 1 amide bonds. The minimum absolute atomic E-state index is 0.218. The number of hydrogen-bond donors (Lipinski definition) is 1. The van der Waals surface area contributed by atoms with Crippen molar-refractivity contribution in [1.82, 2.24) is 9.80 Å². The van der Waals surface area contributed by atoms with E-state index in [1.165, 1.54) is 17.0 Å². The lowest BCUT2D eigenvalue weighted by molar-refractivity contribution is -0.274. The maximum atomic E-state index is 12.2. The maximum Gasteiger partial charge on any atom is 0.573 e. The molecule has 2 saturated heterocycles. The van der Waals surface area contributed by atoms with E-state index in [4.69, 9.17) is 5.11 Å². The van der Waals surface area contributed by atoms with E-state index in [0.29, 0.717) is 31.3 Å². The number of carbonyl (C=O) groups is 1. The van der Waals surface area contributed by atoms with Gasteiger partial charge in [0.25, 0.3) is 0 Å². The molecule has 1 aromatic rings. The van der Waals surface area contributed by atoms with Gasteiger partial charge in [-0.15, -0.1) is 13.2 Å². The summed E-state index contributed by atoms with van der Waals surface area (Å²) in [5, 5.41) is 9.12. The molecule has 3 rings (SSSR count). The van der Waals surface area contributed by atoms with Crippen LogP contribution in [0.15, 0.2) is 36.5 Å². The monoisotopic (exact) mass is 384 g/mol. The van der Waals surface area contributed by atoms with Crippen LogP contribution in [0.5, 0.6) is 5.75 Å². The Bertz CT molecular complexity index is 660. The van der Waals surface area contributed by atoms with Crippen LogP contribution < -0.4 is 4.74 Å². The number of amides is 1. The summed E-state index contributed by atoms with van der Waals surface area (Å²) in [7, 11) is 0. The molecule has 8 heteroatoms. The summed E-state index contributed by atoms with van der Waals surface area (Å²) in [5.41, 5.74) is 0.907. The Morgan fingerprint density at radius 1 is 1.15 bits per heavy atom. The first-order chi connectivity index (χ1) is 12.8. The number of allylic oxidation sites excluding steroid dienone is 1. The van der Waals surface area contributed by atoms with E-state index in [1.54, 1.807) is 12.1 Å². The van der Waals surface area contributed by atoms with Crippen LogP contribution in [0.1, 0.15) is 18.4 Å². The van der Waals surface area contributed by atoms with Crippen LogP contribution in [-0.2, 0) is 6.42 Å². The first-order valence-electron chi connectivity index (χ1n) is 9.03. The number of fused-ring (bicyclic) bond motifs is 1. The Hall–Kier alpha value is -2.38. The number of nitrogens with zero attached hydrogens (tertiary/aromatic N) is 2. The Balaban J connectivity index is 1.46. The standard InChI is InChI=1S/C19H23F3N2O3/c20-19(21,22)27-17-5-3-14(4-6-17)2-1-9-23-10-7-15-12-24(18(25)26)13-16(15)8-11-23/h1,3-6,9,15-16H,2,7-8,10-13H2,(H,25,26)/b9-1+/t15-,16+. The first-order valence-corrected chi connectivity index (χ1v) is 9.03. The quantitative estimate of drug-likeness (QED) is 0.854. The molecule has 2 atom stereocenters. The van der Waals surface area contributed by atoms with Gasteiger partial charge >= 0.3 is 12.5 Å². The molecule has 0 bridgehead atoms. The molecule has 0 saturated carbocycles. The van der Waals surface area contributed by atoms with Crippen LogP contribution in [0.3, 0.4) is 0 Å². The number of carboxylic acid groups (broad SMARTS) is 1. The Kier molecular flexibility index (Phi) is 5.82. The molecule has 27 heavy (non-hydrogen) atoms. The van der Waals surface area contributed by atoms with Crippen molar-refractivity contribution in [3.63, 3.8) is 0 Å². The minimum Gasteiger partial charge on any atom is -0.465 e. The number of alkyl halides is 3. The van der Waals surface area contributed by atoms with Gasteiger partial charge in [0, 0.05) is 26.2 Å². The molecule has 1 N–H and O–H groups in total. The molecule has 0 spiro atoms. The maximum absolute atomic E-state index is 12.2. The molecular formula is C19H23F3N2O3. The number of benzene rings is 1. The van der Waals surface area contributed by atoms with Crippen LogP contribution in [0.4, 0.5) is 18.0 Å². The third-order valence-corrected chi connectivity index (χ3v) is 5.25. The fraction of sp³-hybridized carbons (Fsp3) is 0.526. The third kappa shape index (κ3) is 5.55. The lowest BCUT2D eigenvalue weighted by Crippen LogP contribution is -2.28. The highest BCUT2D eigenvalue weighted by Crippen LogP contribution is 2.31. The van der Waals surface area contributed by atoms with E-state index in [0.717, 1.165) is 31.5 Å². The fourth-order valence-electron chi connectivity index (χ4n) is 3.84. The highest BCUT2D eigenvalue weighted by Gasteiger charge is 2.36. The Labute approximate surface area is 156 Å². The van der Waals surface area contributed by atoms with Gasteiger partial charge < -0.3 is 19.6 Å². The number of rotatable bonds is 4. The van der Waals surface area contributed by atoms with Crippen LogP contribution in [0.25, 0.3) is 0 Å². The third-order valence-electron chi connectivity index (χ3n) is 5.25. The van der Waals surface area contributed by atoms with Gasteiger partial charge in [-0.1, -0.05) is 18.2 Å². The minimum atomic E-state index is -4.67. The van der Waals surface area contributed by atoms with Gasteiger partial charge in [-0.05, 0) is 55.0 Å². The van der Waals surface area contributed by atoms with Crippen molar-refractivity contribution < 1.29 is 27.8 Å². The van der Waals surface area contributed by atoms with Gasteiger partial charge in [-0.3, -0.25) is 0 Å². The number of hydrogen-bond acceptors (Lipinski definition) is 3. The second-order valence-electron chi connectivity index (χ2n) is 7.10. The Morgan fingerprint density at radius 2 is 1.74 bits per heavy atom. The molecule has 1 aromatic carbocycles. The average Bonchev–Trinajstić information content (AvgIpc) is 2.92. The summed E-state index contributed by atoms with van der Waals surface area (Å²) in [6, 6.07) is 5.88. The van der Waals surface area contributed by atoms with Crippen molar-refractivity contribution in [3.8, 4) is 5.75 Å². The number of halogens is 3. The topological polar surface area (TPSA) is 53.0 Å². The molecule has 0 unspecified atom stereocenters. The van der Waals surface area contributed by atoms with Crippen molar-refractivity contribution in [2.24, 2.45) is 11.8 Å². The van der Waals surface area contributed by atoms with Gasteiger partial charge in [0.1, 0.15) is 5.75 Å². The molecule has 2 aliphatic rings.